The summed E-state index contributed by atoms with van der Waals surface area (Å²) in [6.07, 6.45) is 9.18. The number of benzene rings is 1. The Morgan fingerprint density at radius 1 is 1.04 bits per heavy atom. The van der Waals surface area contributed by atoms with E-state index in [-0.39, 0.29) is 12.4 Å². The fraction of sp³-hybridized carbons (Fsp3) is 0.650. The Kier molecular flexibility index (Phi) is 9.61. The van der Waals surface area contributed by atoms with E-state index in [0.29, 0.717) is 30.6 Å². The molecule has 0 bridgehead atoms. The molecule has 3 nitrogen and oxygen atoms in total. The molecule has 1 aromatic rings. The number of aliphatic hydroxyl groups excluding tert-OH is 1. The Morgan fingerprint density at radius 2 is 1.74 bits per heavy atom. The highest BCUT2D eigenvalue weighted by atomic mass is 16.3. The van der Waals surface area contributed by atoms with Gasteiger partial charge in [0.2, 0.25) is 0 Å². The SMILES string of the molecule is CC(C)CCCCCCCC(=O)CCc1ccc(O)c(CO)c1. The first-order valence-electron chi connectivity index (χ1n) is 8.96. The summed E-state index contributed by atoms with van der Waals surface area (Å²) in [4.78, 5) is 11.9. The lowest BCUT2D eigenvalue weighted by molar-refractivity contribution is -0.119. The number of phenols is 1. The average Bonchev–Trinajstić information content (AvgIpc) is 2.52. The molecule has 0 aliphatic heterocycles. The van der Waals surface area contributed by atoms with Gasteiger partial charge in [0.15, 0.2) is 0 Å². The molecule has 0 radical (unpaired) electrons. The Bertz CT molecular complexity index is 466. The van der Waals surface area contributed by atoms with Crippen molar-refractivity contribution in [3.05, 3.63) is 29.3 Å². The topological polar surface area (TPSA) is 57.5 Å². The van der Waals surface area contributed by atoms with Crippen LogP contribution in [0.15, 0.2) is 18.2 Å². The molecule has 3 heteroatoms. The molecule has 0 aliphatic rings. The molecule has 0 aliphatic carbocycles. The van der Waals surface area contributed by atoms with Crippen molar-refractivity contribution in [2.45, 2.75) is 78.2 Å². The summed E-state index contributed by atoms with van der Waals surface area (Å²) in [5.74, 6) is 1.22. The summed E-state index contributed by atoms with van der Waals surface area (Å²) < 4.78 is 0. The fourth-order valence-corrected chi connectivity index (χ4v) is 2.73. The van der Waals surface area contributed by atoms with Crippen LogP contribution in [0.1, 0.15) is 76.3 Å². The van der Waals surface area contributed by atoms with Gasteiger partial charge in [-0.25, -0.2) is 0 Å². The second-order valence-electron chi connectivity index (χ2n) is 6.86. The van der Waals surface area contributed by atoms with Crippen molar-refractivity contribution in [1.82, 2.24) is 0 Å². The maximum atomic E-state index is 11.9. The molecule has 0 amide bonds. The number of hydrogen-bond donors (Lipinski definition) is 2. The third-order valence-electron chi connectivity index (χ3n) is 4.24. The van der Waals surface area contributed by atoms with Gasteiger partial charge in [-0.3, -0.25) is 4.79 Å². The van der Waals surface area contributed by atoms with Crippen LogP contribution in [-0.4, -0.2) is 16.0 Å². The third kappa shape index (κ3) is 8.75. The van der Waals surface area contributed by atoms with Gasteiger partial charge in [0.25, 0.3) is 0 Å². The van der Waals surface area contributed by atoms with Crippen molar-refractivity contribution in [1.29, 1.82) is 0 Å². The number of aliphatic hydroxyl groups is 1. The van der Waals surface area contributed by atoms with Crippen molar-refractivity contribution in [2.75, 3.05) is 0 Å². The van der Waals surface area contributed by atoms with Gasteiger partial charge in [-0.05, 0) is 36.5 Å². The molecule has 130 valence electrons. The van der Waals surface area contributed by atoms with Crippen LogP contribution in [0, 0.1) is 5.92 Å². The van der Waals surface area contributed by atoms with Crippen molar-refractivity contribution in [3.8, 4) is 5.75 Å². The van der Waals surface area contributed by atoms with E-state index in [0.717, 1.165) is 24.3 Å². The van der Waals surface area contributed by atoms with E-state index in [4.69, 9.17) is 5.11 Å². The number of unbranched alkanes of at least 4 members (excludes halogenated alkanes) is 4. The Labute approximate surface area is 140 Å². The summed E-state index contributed by atoms with van der Waals surface area (Å²) in [7, 11) is 0. The first-order chi connectivity index (χ1) is 11.0. The van der Waals surface area contributed by atoms with Crippen LogP contribution in [0.3, 0.4) is 0 Å². The third-order valence-corrected chi connectivity index (χ3v) is 4.24. The van der Waals surface area contributed by atoms with Gasteiger partial charge >= 0.3 is 0 Å². The summed E-state index contributed by atoms with van der Waals surface area (Å²) >= 11 is 0. The van der Waals surface area contributed by atoms with Crippen LogP contribution >= 0.6 is 0 Å². The number of Topliss-reactive ketones (excluding diaryl/α,β-unsaturated/α-hetero) is 1. The highest BCUT2D eigenvalue weighted by Crippen LogP contribution is 2.19. The molecule has 2 N–H and O–H groups in total. The molecule has 23 heavy (non-hydrogen) atoms. The van der Waals surface area contributed by atoms with E-state index in [1.54, 1.807) is 12.1 Å². The van der Waals surface area contributed by atoms with Crippen LogP contribution in [-0.2, 0) is 17.8 Å². The lowest BCUT2D eigenvalue weighted by Crippen LogP contribution is -2.01. The lowest BCUT2D eigenvalue weighted by atomic mass is 10.0. The van der Waals surface area contributed by atoms with E-state index in [2.05, 4.69) is 13.8 Å². The molecule has 0 fully saturated rings. The van der Waals surface area contributed by atoms with Crippen molar-refractivity contribution in [2.24, 2.45) is 5.92 Å². The molecular formula is C20H32O3. The summed E-state index contributed by atoms with van der Waals surface area (Å²) in [6.45, 7) is 4.34. The molecule has 0 heterocycles. The van der Waals surface area contributed by atoms with Crippen molar-refractivity contribution in [3.63, 3.8) is 0 Å². The summed E-state index contributed by atoms with van der Waals surface area (Å²) in [6, 6.07) is 5.18. The number of carbonyl (C=O) groups is 1. The zero-order valence-electron chi connectivity index (χ0n) is 14.7. The highest BCUT2D eigenvalue weighted by Gasteiger charge is 2.06. The molecule has 1 rings (SSSR count). The van der Waals surface area contributed by atoms with Gasteiger partial charge < -0.3 is 10.2 Å². The van der Waals surface area contributed by atoms with Gasteiger partial charge in [0.05, 0.1) is 6.61 Å². The Morgan fingerprint density at radius 3 is 2.43 bits per heavy atom. The normalized spacial score (nSPS) is 11.1. The molecule has 0 atom stereocenters. The number of aromatic hydroxyl groups is 1. The maximum absolute atomic E-state index is 11.9. The smallest absolute Gasteiger partial charge is 0.133 e. The minimum absolute atomic E-state index is 0.111. The molecule has 0 spiro atoms. The Balaban J connectivity index is 2.13. The number of rotatable bonds is 12. The minimum atomic E-state index is -0.176. The van der Waals surface area contributed by atoms with E-state index in [1.807, 2.05) is 6.07 Å². The molecule has 1 aromatic carbocycles. The van der Waals surface area contributed by atoms with E-state index < -0.39 is 0 Å². The molecule has 0 saturated heterocycles. The average molecular weight is 320 g/mol. The second kappa shape index (κ2) is 11.2. The Hall–Kier alpha value is -1.35. The monoisotopic (exact) mass is 320 g/mol. The molecule has 0 aromatic heterocycles. The number of carbonyl (C=O) groups excluding carboxylic acids is 1. The first kappa shape index (κ1) is 19.7. The largest absolute Gasteiger partial charge is 0.508 e. The van der Waals surface area contributed by atoms with Crippen LogP contribution < -0.4 is 0 Å². The summed E-state index contributed by atoms with van der Waals surface area (Å²) in [5, 5.41) is 18.6. The van der Waals surface area contributed by atoms with Crippen molar-refractivity contribution < 1.29 is 15.0 Å². The standard InChI is InChI=1S/C20H32O3/c1-16(2)8-6-4-3-5-7-9-19(22)12-10-17-11-13-20(23)18(14-17)15-21/h11,13-14,16,21,23H,3-10,12,15H2,1-2H3. The molecule has 0 saturated carbocycles. The zero-order chi connectivity index (χ0) is 17.1. The zero-order valence-corrected chi connectivity index (χ0v) is 14.7. The highest BCUT2D eigenvalue weighted by molar-refractivity contribution is 5.78. The van der Waals surface area contributed by atoms with Gasteiger partial charge in [-0.15, -0.1) is 0 Å². The predicted octanol–water partition coefficient (Wildman–Crippen LogP) is 4.77. The molecular weight excluding hydrogens is 288 g/mol. The second-order valence-corrected chi connectivity index (χ2v) is 6.86. The molecule has 0 unspecified atom stereocenters. The summed E-state index contributed by atoms with van der Waals surface area (Å²) in [5.41, 5.74) is 1.52. The van der Waals surface area contributed by atoms with Crippen LogP contribution in [0.4, 0.5) is 0 Å². The number of ketones is 1. The van der Waals surface area contributed by atoms with Crippen LogP contribution in [0.2, 0.25) is 0 Å². The van der Waals surface area contributed by atoms with E-state index in [9.17, 15) is 9.90 Å². The number of hydrogen-bond acceptors (Lipinski definition) is 3. The van der Waals surface area contributed by atoms with Gasteiger partial charge in [0.1, 0.15) is 11.5 Å². The van der Waals surface area contributed by atoms with Crippen LogP contribution in [0.5, 0.6) is 5.75 Å². The number of aryl methyl sites for hydroxylation is 1. The van der Waals surface area contributed by atoms with E-state index >= 15 is 0 Å². The van der Waals surface area contributed by atoms with Gasteiger partial charge in [-0.2, -0.15) is 0 Å². The minimum Gasteiger partial charge on any atom is -0.508 e. The van der Waals surface area contributed by atoms with Gasteiger partial charge in [0, 0.05) is 18.4 Å². The van der Waals surface area contributed by atoms with E-state index in [1.165, 1.54) is 25.7 Å². The quantitative estimate of drug-likeness (QED) is 0.545. The fourth-order valence-electron chi connectivity index (χ4n) is 2.73. The van der Waals surface area contributed by atoms with Crippen molar-refractivity contribution >= 4 is 5.78 Å². The first-order valence-corrected chi connectivity index (χ1v) is 8.96. The predicted molar refractivity (Wildman–Crippen MR) is 94.5 cm³/mol. The lowest BCUT2D eigenvalue weighted by Gasteiger charge is -2.06. The maximum Gasteiger partial charge on any atom is 0.133 e. The van der Waals surface area contributed by atoms with Gasteiger partial charge in [-0.1, -0.05) is 52.0 Å². The van der Waals surface area contributed by atoms with Crippen LogP contribution in [0.25, 0.3) is 0 Å².